The monoisotopic (exact) mass is 295 g/mol. The fourth-order valence-corrected chi connectivity index (χ4v) is 3.07. The van der Waals surface area contributed by atoms with Gasteiger partial charge in [-0.05, 0) is 49.8 Å². The summed E-state index contributed by atoms with van der Waals surface area (Å²) in [7, 11) is 0. The maximum absolute atomic E-state index is 11.3. The van der Waals surface area contributed by atoms with E-state index >= 15 is 0 Å². The van der Waals surface area contributed by atoms with Gasteiger partial charge in [-0.1, -0.05) is 23.7 Å². The summed E-state index contributed by atoms with van der Waals surface area (Å²) in [5, 5.41) is 11.4. The largest absolute Gasteiger partial charge is 0.385 e. The van der Waals surface area contributed by atoms with E-state index in [4.69, 9.17) is 11.6 Å². The predicted molar refractivity (Wildman–Crippen MR) is 80.6 cm³/mol. The molecule has 1 aliphatic rings. The van der Waals surface area contributed by atoms with E-state index < -0.39 is 5.60 Å². The van der Waals surface area contributed by atoms with Crippen molar-refractivity contribution in [2.45, 2.75) is 38.7 Å². The van der Waals surface area contributed by atoms with Crippen LogP contribution in [0, 0.1) is 5.92 Å². The number of halogens is 1. The van der Waals surface area contributed by atoms with Gasteiger partial charge in [0, 0.05) is 25.0 Å². The summed E-state index contributed by atoms with van der Waals surface area (Å²) in [5.41, 5.74) is 0.0593. The number of rotatable bonds is 3. The third-order valence-corrected chi connectivity index (χ3v) is 4.46. The lowest BCUT2D eigenvalue weighted by Gasteiger charge is -2.35. The first kappa shape index (κ1) is 15.3. The zero-order valence-electron chi connectivity index (χ0n) is 12.1. The summed E-state index contributed by atoms with van der Waals surface area (Å²) >= 11 is 5.88. The molecular weight excluding hydrogens is 274 g/mol. The minimum atomic E-state index is -0.840. The zero-order valence-corrected chi connectivity index (χ0v) is 12.9. The van der Waals surface area contributed by atoms with Crippen molar-refractivity contribution in [2.75, 3.05) is 13.1 Å². The van der Waals surface area contributed by atoms with Gasteiger partial charge in [-0.2, -0.15) is 0 Å². The molecule has 0 aromatic heterocycles. The Kier molecular flexibility index (Phi) is 4.71. The van der Waals surface area contributed by atoms with Crippen molar-refractivity contribution in [1.82, 2.24) is 4.90 Å². The number of amides is 1. The molecule has 4 heteroatoms. The molecule has 0 saturated carbocycles. The van der Waals surface area contributed by atoms with Gasteiger partial charge in [0.25, 0.3) is 0 Å². The van der Waals surface area contributed by atoms with E-state index in [1.807, 2.05) is 36.1 Å². The Morgan fingerprint density at radius 2 is 1.90 bits per heavy atom. The van der Waals surface area contributed by atoms with Gasteiger partial charge in [-0.15, -0.1) is 0 Å². The molecule has 3 nitrogen and oxygen atoms in total. The normalized spacial score (nSPS) is 19.7. The van der Waals surface area contributed by atoms with E-state index in [0.717, 1.165) is 37.9 Å². The zero-order chi connectivity index (χ0) is 14.8. The number of piperidine rings is 1. The van der Waals surface area contributed by atoms with Gasteiger partial charge in [-0.25, -0.2) is 0 Å². The van der Waals surface area contributed by atoms with Crippen LogP contribution in [0.1, 0.15) is 38.7 Å². The molecule has 0 radical (unpaired) electrons. The molecule has 1 aliphatic heterocycles. The molecular formula is C16H22ClNO2. The van der Waals surface area contributed by atoms with Gasteiger partial charge in [0.15, 0.2) is 0 Å². The highest BCUT2D eigenvalue weighted by Crippen LogP contribution is 2.33. The summed E-state index contributed by atoms with van der Waals surface area (Å²) in [5.74, 6) is 0.601. The molecule has 0 aliphatic carbocycles. The van der Waals surface area contributed by atoms with Gasteiger partial charge in [0.2, 0.25) is 5.91 Å². The molecule has 0 unspecified atom stereocenters. The average Bonchev–Trinajstić information content (AvgIpc) is 2.39. The molecule has 1 atom stereocenters. The van der Waals surface area contributed by atoms with Gasteiger partial charge in [0.1, 0.15) is 0 Å². The Hall–Kier alpha value is -1.06. The van der Waals surface area contributed by atoms with Crippen LogP contribution in [-0.2, 0) is 10.4 Å². The average molecular weight is 296 g/mol. The smallest absolute Gasteiger partial charge is 0.219 e. The molecule has 1 amide bonds. The molecule has 1 N–H and O–H groups in total. The first-order valence-corrected chi connectivity index (χ1v) is 7.50. The van der Waals surface area contributed by atoms with Crippen LogP contribution in [0.25, 0.3) is 0 Å². The van der Waals surface area contributed by atoms with Crippen LogP contribution in [0.3, 0.4) is 0 Å². The number of carbonyl (C=O) groups excluding carboxylic acids is 1. The van der Waals surface area contributed by atoms with Crippen LogP contribution in [0.15, 0.2) is 24.3 Å². The topological polar surface area (TPSA) is 40.5 Å². The van der Waals surface area contributed by atoms with E-state index in [2.05, 4.69) is 0 Å². The molecule has 1 aromatic carbocycles. The molecule has 1 heterocycles. The fourth-order valence-electron chi connectivity index (χ4n) is 2.94. The van der Waals surface area contributed by atoms with Gasteiger partial charge in [-0.3, -0.25) is 4.79 Å². The second kappa shape index (κ2) is 6.15. The minimum absolute atomic E-state index is 0.146. The highest BCUT2D eigenvalue weighted by Gasteiger charge is 2.30. The number of hydrogen-bond acceptors (Lipinski definition) is 2. The lowest BCUT2D eigenvalue weighted by Crippen LogP contribution is -2.38. The van der Waals surface area contributed by atoms with E-state index in [9.17, 15) is 9.90 Å². The lowest BCUT2D eigenvalue weighted by molar-refractivity contribution is -0.130. The van der Waals surface area contributed by atoms with Crippen molar-refractivity contribution in [1.29, 1.82) is 0 Å². The van der Waals surface area contributed by atoms with Crippen LogP contribution >= 0.6 is 11.6 Å². The highest BCUT2D eigenvalue weighted by molar-refractivity contribution is 6.30. The van der Waals surface area contributed by atoms with Crippen molar-refractivity contribution in [3.8, 4) is 0 Å². The number of aliphatic hydroxyl groups is 1. The fraction of sp³-hybridized carbons (Fsp3) is 0.562. The molecule has 0 bridgehead atoms. The first-order valence-electron chi connectivity index (χ1n) is 7.12. The number of nitrogens with zero attached hydrogens (tertiary/aromatic N) is 1. The Bertz CT molecular complexity index is 462. The molecule has 1 fully saturated rings. The van der Waals surface area contributed by atoms with E-state index in [-0.39, 0.29) is 5.91 Å². The van der Waals surface area contributed by atoms with Crippen LogP contribution in [0.5, 0.6) is 0 Å². The molecule has 1 saturated heterocycles. The summed E-state index contributed by atoms with van der Waals surface area (Å²) in [6.45, 7) is 5.07. The van der Waals surface area contributed by atoms with Crippen molar-refractivity contribution < 1.29 is 9.90 Å². The Balaban J connectivity index is 1.95. The summed E-state index contributed by atoms with van der Waals surface area (Å²) in [6.07, 6.45) is 2.65. The Morgan fingerprint density at radius 3 is 2.40 bits per heavy atom. The minimum Gasteiger partial charge on any atom is -0.385 e. The third kappa shape index (κ3) is 3.74. The van der Waals surface area contributed by atoms with Gasteiger partial charge < -0.3 is 10.0 Å². The molecule has 0 spiro atoms. The summed E-state index contributed by atoms with van der Waals surface area (Å²) in [6, 6.07) is 7.38. The van der Waals surface area contributed by atoms with Gasteiger partial charge >= 0.3 is 0 Å². The number of hydrogen-bond donors (Lipinski definition) is 1. The first-order chi connectivity index (χ1) is 9.38. The standard InChI is InChI=1S/C16H22ClNO2/c1-12(19)18-9-7-13(8-10-18)11-16(2,20)14-3-5-15(17)6-4-14/h3-6,13,20H,7-11H2,1-2H3/t16-/m0/s1. The van der Waals surface area contributed by atoms with Crippen molar-refractivity contribution in [3.63, 3.8) is 0 Å². The van der Waals surface area contributed by atoms with Crippen LogP contribution in [0.2, 0.25) is 5.02 Å². The maximum atomic E-state index is 11.3. The van der Waals surface area contributed by atoms with E-state index in [1.54, 1.807) is 6.92 Å². The van der Waals surface area contributed by atoms with Crippen molar-refractivity contribution in [3.05, 3.63) is 34.9 Å². The third-order valence-electron chi connectivity index (χ3n) is 4.21. The quantitative estimate of drug-likeness (QED) is 0.930. The van der Waals surface area contributed by atoms with Gasteiger partial charge in [0.05, 0.1) is 5.60 Å². The predicted octanol–water partition coefficient (Wildman–Crippen LogP) is 3.20. The molecule has 2 rings (SSSR count). The van der Waals surface area contributed by atoms with E-state index in [1.165, 1.54) is 0 Å². The second-order valence-corrected chi connectivity index (χ2v) is 6.37. The van der Waals surface area contributed by atoms with Crippen molar-refractivity contribution in [2.24, 2.45) is 5.92 Å². The summed E-state index contributed by atoms with van der Waals surface area (Å²) in [4.78, 5) is 13.2. The molecule has 110 valence electrons. The highest BCUT2D eigenvalue weighted by atomic mass is 35.5. The Morgan fingerprint density at radius 1 is 1.35 bits per heavy atom. The number of likely N-dealkylation sites (tertiary alicyclic amines) is 1. The van der Waals surface area contributed by atoms with E-state index in [0.29, 0.717) is 10.9 Å². The molecule has 1 aromatic rings. The Labute approximate surface area is 125 Å². The summed E-state index contributed by atoms with van der Waals surface area (Å²) < 4.78 is 0. The number of carbonyl (C=O) groups is 1. The lowest BCUT2D eigenvalue weighted by atomic mass is 9.82. The van der Waals surface area contributed by atoms with Crippen LogP contribution in [0.4, 0.5) is 0 Å². The maximum Gasteiger partial charge on any atom is 0.219 e. The second-order valence-electron chi connectivity index (χ2n) is 5.93. The number of benzene rings is 1. The van der Waals surface area contributed by atoms with Crippen LogP contribution < -0.4 is 0 Å². The SMILES string of the molecule is CC(=O)N1CCC(C[C@](C)(O)c2ccc(Cl)cc2)CC1. The van der Waals surface area contributed by atoms with Crippen molar-refractivity contribution >= 4 is 17.5 Å². The van der Waals surface area contributed by atoms with Crippen LogP contribution in [-0.4, -0.2) is 29.0 Å². The molecule has 20 heavy (non-hydrogen) atoms.